The summed E-state index contributed by atoms with van der Waals surface area (Å²) in [6, 6.07) is 11.8. The number of aromatic amines is 1. The summed E-state index contributed by atoms with van der Waals surface area (Å²) in [4.78, 5) is 19.8. The molecule has 1 aliphatic rings. The van der Waals surface area contributed by atoms with Crippen molar-refractivity contribution < 1.29 is 9.00 Å². The van der Waals surface area contributed by atoms with E-state index in [0.717, 1.165) is 40.7 Å². The van der Waals surface area contributed by atoms with Gasteiger partial charge in [0.25, 0.3) is 0 Å². The predicted molar refractivity (Wildman–Crippen MR) is 118 cm³/mol. The summed E-state index contributed by atoms with van der Waals surface area (Å²) in [5, 5.41) is 3.91. The summed E-state index contributed by atoms with van der Waals surface area (Å²) < 4.78 is 17.1. The van der Waals surface area contributed by atoms with E-state index in [1.54, 1.807) is 4.31 Å². The third-order valence-corrected chi connectivity index (χ3v) is 6.47. The molecule has 3 N–H and O–H groups in total. The van der Waals surface area contributed by atoms with Crippen LogP contribution >= 0.6 is 0 Å². The molecule has 2 heterocycles. The highest BCUT2D eigenvalue weighted by atomic mass is 32.2. The number of carbonyl (C=O) groups excluding carboxylic acids is 1. The predicted octanol–water partition coefficient (Wildman–Crippen LogP) is 3.91. The Bertz CT molecular complexity index is 1060. The van der Waals surface area contributed by atoms with Gasteiger partial charge in [-0.3, -0.25) is 9.52 Å². The van der Waals surface area contributed by atoms with Gasteiger partial charge in [0, 0.05) is 36.3 Å². The first-order chi connectivity index (χ1) is 13.9. The average molecular weight is 412 g/mol. The summed E-state index contributed by atoms with van der Waals surface area (Å²) in [5.41, 5.74) is 3.48. The van der Waals surface area contributed by atoms with Gasteiger partial charge in [0.1, 0.15) is 11.5 Å². The van der Waals surface area contributed by atoms with Crippen molar-refractivity contribution in [1.82, 2.24) is 14.3 Å². The van der Waals surface area contributed by atoms with Crippen LogP contribution in [0.25, 0.3) is 22.2 Å². The molecule has 4 rings (SSSR count). The first-order valence-corrected chi connectivity index (χ1v) is 10.8. The highest BCUT2D eigenvalue weighted by Crippen LogP contribution is 2.33. The van der Waals surface area contributed by atoms with E-state index in [4.69, 9.17) is 0 Å². The lowest BCUT2D eigenvalue weighted by atomic mass is 10.0. The number of amides is 1. The molecule has 2 aromatic heterocycles. The van der Waals surface area contributed by atoms with Crippen LogP contribution in [-0.2, 0) is 16.0 Å². The summed E-state index contributed by atoms with van der Waals surface area (Å²) in [5.74, 6) is 0.703. The van der Waals surface area contributed by atoms with Crippen LogP contribution < -0.4 is 10.0 Å². The fourth-order valence-corrected chi connectivity index (χ4v) is 3.86. The molecule has 8 heteroatoms. The summed E-state index contributed by atoms with van der Waals surface area (Å²) in [6.07, 6.45) is 3.74. The van der Waals surface area contributed by atoms with Crippen LogP contribution in [-0.4, -0.2) is 37.5 Å². The zero-order valence-electron chi connectivity index (χ0n) is 16.7. The van der Waals surface area contributed by atoms with Gasteiger partial charge in [-0.05, 0) is 62.1 Å². The van der Waals surface area contributed by atoms with Crippen molar-refractivity contribution in [3.05, 3.63) is 42.6 Å². The van der Waals surface area contributed by atoms with Gasteiger partial charge in [-0.2, -0.15) is 0 Å². The smallest absolute Gasteiger partial charge is 0.228 e. The molecular formula is C21H25N5O2S. The quantitative estimate of drug-likeness (QED) is 0.551. The number of rotatable bonds is 7. The van der Waals surface area contributed by atoms with Crippen LogP contribution in [0.4, 0.5) is 11.5 Å². The molecule has 1 unspecified atom stereocenters. The third-order valence-electron chi connectivity index (χ3n) is 5.12. The molecule has 1 fully saturated rings. The SMILES string of the molecule is CC(C)N(C)S(=O)Nc1ccc(-c2cc(NC(=O)C3CC3)nc3[nH]ccc23)cc1. The Hall–Kier alpha value is -2.71. The van der Waals surface area contributed by atoms with E-state index in [0.29, 0.717) is 5.82 Å². The van der Waals surface area contributed by atoms with Gasteiger partial charge < -0.3 is 10.3 Å². The Kier molecular flexibility index (Phi) is 5.38. The number of pyridine rings is 1. The number of benzene rings is 1. The molecule has 1 aromatic carbocycles. The maximum atomic E-state index is 12.3. The molecular weight excluding hydrogens is 386 g/mol. The standard InChI is InChI=1S/C21H25N5O2S/c1-13(2)26(3)29(28)25-16-8-6-14(7-9-16)18-12-19(24-21(27)15-4-5-15)23-20-17(18)10-11-22-20/h6-13,15,25H,4-5H2,1-3H3,(H2,22,23,24,27). The van der Waals surface area contributed by atoms with Gasteiger partial charge >= 0.3 is 0 Å². The van der Waals surface area contributed by atoms with E-state index in [1.165, 1.54) is 0 Å². The lowest BCUT2D eigenvalue weighted by Crippen LogP contribution is -2.32. The molecule has 152 valence electrons. The average Bonchev–Trinajstić information content (AvgIpc) is 3.45. The molecule has 1 amide bonds. The van der Waals surface area contributed by atoms with Crippen molar-refractivity contribution in [3.63, 3.8) is 0 Å². The van der Waals surface area contributed by atoms with Crippen LogP contribution in [0.1, 0.15) is 26.7 Å². The molecule has 29 heavy (non-hydrogen) atoms. The minimum absolute atomic E-state index is 0.0330. The number of nitrogens with zero attached hydrogens (tertiary/aromatic N) is 2. The lowest BCUT2D eigenvalue weighted by Gasteiger charge is -2.20. The third kappa shape index (κ3) is 4.33. The van der Waals surface area contributed by atoms with Crippen molar-refractivity contribution in [1.29, 1.82) is 0 Å². The van der Waals surface area contributed by atoms with Gasteiger partial charge in [0.05, 0.1) is 0 Å². The van der Waals surface area contributed by atoms with E-state index < -0.39 is 11.2 Å². The largest absolute Gasteiger partial charge is 0.346 e. The van der Waals surface area contributed by atoms with Gasteiger partial charge in [0.15, 0.2) is 11.2 Å². The monoisotopic (exact) mass is 411 g/mol. The molecule has 1 atom stereocenters. The van der Waals surface area contributed by atoms with Crippen LogP contribution in [0.15, 0.2) is 42.6 Å². The molecule has 3 aromatic rings. The molecule has 1 aliphatic carbocycles. The number of H-pyrrole nitrogens is 1. The number of nitrogens with one attached hydrogen (secondary N) is 3. The summed E-state index contributed by atoms with van der Waals surface area (Å²) >= 11 is -1.30. The molecule has 0 radical (unpaired) electrons. The normalized spacial score (nSPS) is 15.1. The fourth-order valence-electron chi connectivity index (χ4n) is 3.00. The number of aromatic nitrogens is 2. The molecule has 7 nitrogen and oxygen atoms in total. The Morgan fingerprint density at radius 1 is 1.24 bits per heavy atom. The highest BCUT2D eigenvalue weighted by Gasteiger charge is 2.30. The topological polar surface area (TPSA) is 90.1 Å². The number of hydrogen-bond acceptors (Lipinski definition) is 3. The molecule has 0 bridgehead atoms. The van der Waals surface area contributed by atoms with E-state index in [1.807, 2.05) is 63.5 Å². The molecule has 0 spiro atoms. The van der Waals surface area contributed by atoms with E-state index in [9.17, 15) is 9.00 Å². The second-order valence-electron chi connectivity index (χ2n) is 7.63. The van der Waals surface area contributed by atoms with Gasteiger partial charge in [-0.15, -0.1) is 0 Å². The molecule has 0 saturated heterocycles. The second kappa shape index (κ2) is 7.96. The van der Waals surface area contributed by atoms with E-state index in [2.05, 4.69) is 20.0 Å². The zero-order chi connectivity index (χ0) is 20.5. The highest BCUT2D eigenvalue weighted by molar-refractivity contribution is 7.84. The number of hydrogen-bond donors (Lipinski definition) is 3. The minimum atomic E-state index is -1.30. The maximum absolute atomic E-state index is 12.3. The maximum Gasteiger partial charge on any atom is 0.228 e. The van der Waals surface area contributed by atoms with Crippen molar-refractivity contribution in [2.45, 2.75) is 32.7 Å². The first-order valence-electron chi connectivity index (χ1n) is 9.73. The molecule has 0 aliphatic heterocycles. The lowest BCUT2D eigenvalue weighted by molar-refractivity contribution is -0.117. The van der Waals surface area contributed by atoms with Crippen molar-refractivity contribution in [2.24, 2.45) is 5.92 Å². The second-order valence-corrected chi connectivity index (χ2v) is 8.91. The minimum Gasteiger partial charge on any atom is -0.346 e. The van der Waals surface area contributed by atoms with Gasteiger partial charge in [-0.25, -0.2) is 13.5 Å². The Morgan fingerprint density at radius 3 is 2.62 bits per heavy atom. The van der Waals surface area contributed by atoms with E-state index in [-0.39, 0.29) is 17.9 Å². The van der Waals surface area contributed by atoms with Gasteiger partial charge in [0.2, 0.25) is 5.91 Å². The van der Waals surface area contributed by atoms with Crippen LogP contribution in [0, 0.1) is 5.92 Å². The summed E-state index contributed by atoms with van der Waals surface area (Å²) in [7, 11) is 1.82. The van der Waals surface area contributed by atoms with Crippen molar-refractivity contribution >= 4 is 39.6 Å². The van der Waals surface area contributed by atoms with Gasteiger partial charge in [-0.1, -0.05) is 12.1 Å². The van der Waals surface area contributed by atoms with Crippen LogP contribution in [0.2, 0.25) is 0 Å². The fraction of sp³-hybridized carbons (Fsp3) is 0.333. The molecule has 1 saturated carbocycles. The van der Waals surface area contributed by atoms with Crippen molar-refractivity contribution in [3.8, 4) is 11.1 Å². The van der Waals surface area contributed by atoms with E-state index >= 15 is 0 Å². The Balaban J connectivity index is 1.59. The van der Waals surface area contributed by atoms with Crippen LogP contribution in [0.5, 0.6) is 0 Å². The Morgan fingerprint density at radius 2 is 1.97 bits per heavy atom. The summed E-state index contributed by atoms with van der Waals surface area (Å²) in [6.45, 7) is 3.99. The van der Waals surface area contributed by atoms with Crippen LogP contribution in [0.3, 0.4) is 0 Å². The number of carbonyl (C=O) groups is 1. The first kappa shape index (κ1) is 19.6. The number of fused-ring (bicyclic) bond motifs is 1. The Labute approximate surface area is 172 Å². The van der Waals surface area contributed by atoms with Crippen molar-refractivity contribution in [2.75, 3.05) is 17.1 Å². The number of anilines is 2. The zero-order valence-corrected chi connectivity index (χ0v) is 17.5.